The van der Waals surface area contributed by atoms with Crippen molar-refractivity contribution in [3.05, 3.63) is 42.2 Å². The van der Waals surface area contributed by atoms with Crippen molar-refractivity contribution in [1.29, 1.82) is 0 Å². The molecule has 2 aliphatic heterocycles. The number of nitrogens with zero attached hydrogens (tertiary/aromatic N) is 3. The molecule has 8 heteroatoms. The van der Waals surface area contributed by atoms with E-state index >= 15 is 0 Å². The van der Waals surface area contributed by atoms with Crippen LogP contribution in [0.2, 0.25) is 0 Å². The molecule has 2 heterocycles. The highest BCUT2D eigenvalue weighted by Crippen LogP contribution is 2.32. The molecule has 0 atom stereocenters. The molecule has 0 radical (unpaired) electrons. The average molecular weight is 368 g/mol. The third kappa shape index (κ3) is 4.49. The van der Waals surface area contributed by atoms with E-state index in [2.05, 4.69) is 17.3 Å². The number of hydrogen-bond donors (Lipinski definition) is 1. The Hall–Kier alpha value is -2.22. The Kier molecular flexibility index (Phi) is 5.41. The van der Waals surface area contributed by atoms with Gasteiger partial charge in [0.05, 0.1) is 5.56 Å². The molecule has 1 aromatic carbocycles. The zero-order valence-corrected chi connectivity index (χ0v) is 14.7. The normalized spacial score (nSPS) is 19.2. The van der Waals surface area contributed by atoms with E-state index in [0.717, 1.165) is 38.1 Å². The Morgan fingerprint density at radius 2 is 1.96 bits per heavy atom. The van der Waals surface area contributed by atoms with E-state index in [0.29, 0.717) is 18.2 Å². The molecule has 1 saturated heterocycles. The summed E-state index contributed by atoms with van der Waals surface area (Å²) in [5.74, 6) is 0.473. The van der Waals surface area contributed by atoms with E-state index < -0.39 is 11.7 Å². The number of anilines is 1. The minimum absolute atomic E-state index is 0.195. The van der Waals surface area contributed by atoms with Crippen LogP contribution in [0.25, 0.3) is 0 Å². The molecule has 1 N–H and O–H groups in total. The molecule has 0 bridgehead atoms. The van der Waals surface area contributed by atoms with Gasteiger partial charge in [0.25, 0.3) is 0 Å². The Balaban J connectivity index is 1.52. The van der Waals surface area contributed by atoms with E-state index in [-0.39, 0.29) is 12.7 Å². The van der Waals surface area contributed by atoms with Gasteiger partial charge in [0, 0.05) is 24.6 Å². The summed E-state index contributed by atoms with van der Waals surface area (Å²) in [5.41, 5.74) is -0.296. The van der Waals surface area contributed by atoms with Crippen LogP contribution in [0.1, 0.15) is 18.4 Å². The number of nitrogens with one attached hydrogen (secondary N) is 1. The largest absolute Gasteiger partial charge is 0.416 e. The summed E-state index contributed by atoms with van der Waals surface area (Å²) in [7, 11) is 2.09. The van der Waals surface area contributed by atoms with E-state index in [1.165, 1.54) is 11.0 Å². The van der Waals surface area contributed by atoms with Gasteiger partial charge in [0.2, 0.25) is 0 Å². The maximum Gasteiger partial charge on any atom is 0.416 e. The Labute approximate surface area is 151 Å². The number of carbonyl (C=O) groups is 1. The zero-order valence-electron chi connectivity index (χ0n) is 14.7. The van der Waals surface area contributed by atoms with Gasteiger partial charge in [-0.05, 0) is 57.1 Å². The molecular weight excluding hydrogens is 345 g/mol. The van der Waals surface area contributed by atoms with Gasteiger partial charge < -0.3 is 15.1 Å². The third-order valence-electron chi connectivity index (χ3n) is 4.88. The number of piperidine rings is 1. The second-order valence-corrected chi connectivity index (χ2v) is 6.86. The zero-order chi connectivity index (χ0) is 18.7. The molecule has 0 spiro atoms. The Bertz CT molecular complexity index is 669. The lowest BCUT2D eigenvalue weighted by Gasteiger charge is -2.29. The lowest BCUT2D eigenvalue weighted by Crippen LogP contribution is -2.42. The van der Waals surface area contributed by atoms with Gasteiger partial charge in [-0.3, -0.25) is 4.90 Å². The predicted octanol–water partition coefficient (Wildman–Crippen LogP) is 3.31. The first-order valence-electron chi connectivity index (χ1n) is 8.68. The maximum atomic E-state index is 12.8. The van der Waals surface area contributed by atoms with E-state index in [9.17, 15) is 18.0 Å². The molecule has 142 valence electrons. The highest BCUT2D eigenvalue weighted by atomic mass is 19.4. The summed E-state index contributed by atoms with van der Waals surface area (Å²) in [6, 6.07) is 4.86. The van der Waals surface area contributed by atoms with Crippen molar-refractivity contribution in [2.45, 2.75) is 19.0 Å². The number of alkyl halides is 3. The molecule has 1 aromatic rings. The SMILES string of the molecule is CN1CCC(CNC(=O)N2C=CN(c3cccc(C(F)(F)F)c3)C2)CC1. The number of urea groups is 1. The molecule has 3 rings (SSSR count). The van der Waals surface area contributed by atoms with Crippen LogP contribution in [0.15, 0.2) is 36.7 Å². The smallest absolute Gasteiger partial charge is 0.337 e. The van der Waals surface area contributed by atoms with Gasteiger partial charge in [0.15, 0.2) is 0 Å². The van der Waals surface area contributed by atoms with Crippen molar-refractivity contribution in [3.8, 4) is 0 Å². The number of halogens is 3. The molecule has 0 unspecified atom stereocenters. The molecule has 2 amide bonds. The van der Waals surface area contributed by atoms with Gasteiger partial charge >= 0.3 is 12.2 Å². The van der Waals surface area contributed by atoms with Crippen molar-refractivity contribution in [2.75, 3.05) is 38.3 Å². The molecule has 0 saturated carbocycles. The maximum absolute atomic E-state index is 12.8. The monoisotopic (exact) mass is 368 g/mol. The van der Waals surface area contributed by atoms with Gasteiger partial charge in [-0.1, -0.05) is 6.07 Å². The van der Waals surface area contributed by atoms with Crippen LogP contribution in [0.5, 0.6) is 0 Å². The summed E-state index contributed by atoms with van der Waals surface area (Å²) >= 11 is 0. The van der Waals surface area contributed by atoms with Crippen molar-refractivity contribution >= 4 is 11.7 Å². The Morgan fingerprint density at radius 3 is 2.65 bits per heavy atom. The number of likely N-dealkylation sites (tertiary alicyclic amines) is 1. The highest BCUT2D eigenvalue weighted by Gasteiger charge is 2.31. The van der Waals surface area contributed by atoms with Crippen molar-refractivity contribution < 1.29 is 18.0 Å². The standard InChI is InChI=1S/C18H23F3N4O/c1-23-7-5-14(6-8-23)12-22-17(26)25-10-9-24(13-25)16-4-2-3-15(11-16)18(19,20)21/h2-4,9-11,14H,5-8,12-13H2,1H3,(H,22,26). The Morgan fingerprint density at radius 1 is 1.23 bits per heavy atom. The highest BCUT2D eigenvalue weighted by molar-refractivity contribution is 5.76. The van der Waals surface area contributed by atoms with Crippen LogP contribution in [0, 0.1) is 5.92 Å². The molecular formula is C18H23F3N4O. The predicted molar refractivity (Wildman–Crippen MR) is 93.4 cm³/mol. The fourth-order valence-electron chi connectivity index (χ4n) is 3.18. The number of hydrogen-bond acceptors (Lipinski definition) is 3. The van der Waals surface area contributed by atoms with Crippen molar-refractivity contribution in [1.82, 2.24) is 15.1 Å². The van der Waals surface area contributed by atoms with Crippen LogP contribution in [0.3, 0.4) is 0 Å². The first kappa shape index (κ1) is 18.6. The van der Waals surface area contributed by atoms with Gasteiger partial charge in [-0.2, -0.15) is 13.2 Å². The lowest BCUT2D eigenvalue weighted by atomic mass is 9.97. The second kappa shape index (κ2) is 7.57. The van der Waals surface area contributed by atoms with E-state index in [1.54, 1.807) is 23.4 Å². The molecule has 1 fully saturated rings. The topological polar surface area (TPSA) is 38.8 Å². The van der Waals surface area contributed by atoms with Crippen LogP contribution in [0.4, 0.5) is 23.7 Å². The summed E-state index contributed by atoms with van der Waals surface area (Å²) in [6.07, 6.45) is 0.936. The van der Waals surface area contributed by atoms with Crippen LogP contribution in [-0.2, 0) is 6.18 Å². The van der Waals surface area contributed by atoms with Crippen molar-refractivity contribution in [2.24, 2.45) is 5.92 Å². The van der Waals surface area contributed by atoms with E-state index in [4.69, 9.17) is 0 Å². The minimum Gasteiger partial charge on any atom is -0.337 e. The second-order valence-electron chi connectivity index (χ2n) is 6.86. The van der Waals surface area contributed by atoms with Crippen LogP contribution < -0.4 is 10.2 Å². The fraction of sp³-hybridized carbons (Fsp3) is 0.500. The van der Waals surface area contributed by atoms with Gasteiger partial charge in [-0.25, -0.2) is 4.79 Å². The number of amides is 2. The summed E-state index contributed by atoms with van der Waals surface area (Å²) in [6.45, 7) is 2.89. The lowest BCUT2D eigenvalue weighted by molar-refractivity contribution is -0.137. The summed E-state index contributed by atoms with van der Waals surface area (Å²) < 4.78 is 38.5. The van der Waals surface area contributed by atoms with Gasteiger partial charge in [0.1, 0.15) is 6.67 Å². The quantitative estimate of drug-likeness (QED) is 0.890. The third-order valence-corrected chi connectivity index (χ3v) is 4.88. The van der Waals surface area contributed by atoms with Crippen LogP contribution in [-0.4, -0.2) is 49.2 Å². The molecule has 0 aliphatic carbocycles. The number of carbonyl (C=O) groups excluding carboxylic acids is 1. The molecule has 26 heavy (non-hydrogen) atoms. The summed E-state index contributed by atoms with van der Waals surface area (Å²) in [4.78, 5) is 17.7. The first-order chi connectivity index (χ1) is 12.3. The minimum atomic E-state index is -4.38. The van der Waals surface area contributed by atoms with E-state index in [1.807, 2.05) is 0 Å². The molecule has 0 aromatic heterocycles. The molecule has 2 aliphatic rings. The van der Waals surface area contributed by atoms with Gasteiger partial charge in [-0.15, -0.1) is 0 Å². The molecule has 5 nitrogen and oxygen atoms in total. The van der Waals surface area contributed by atoms with Crippen LogP contribution >= 0.6 is 0 Å². The first-order valence-corrected chi connectivity index (χ1v) is 8.68. The average Bonchev–Trinajstić information content (AvgIpc) is 3.11. The fourth-order valence-corrected chi connectivity index (χ4v) is 3.18. The number of rotatable bonds is 3. The number of benzene rings is 1. The summed E-state index contributed by atoms with van der Waals surface area (Å²) in [5, 5.41) is 2.93. The van der Waals surface area contributed by atoms with Crippen molar-refractivity contribution in [3.63, 3.8) is 0 Å².